The highest BCUT2D eigenvalue weighted by Gasteiger charge is 2.35. The molecule has 0 radical (unpaired) electrons. The van der Waals surface area contributed by atoms with Gasteiger partial charge in [0.1, 0.15) is 6.17 Å². The number of nitrogens with zero attached hydrogens (tertiary/aromatic N) is 1. The third-order valence-corrected chi connectivity index (χ3v) is 4.07. The smallest absolute Gasteiger partial charge is 0.238 e. The van der Waals surface area contributed by atoms with Crippen LogP contribution in [0.25, 0.3) is 0 Å². The summed E-state index contributed by atoms with van der Waals surface area (Å²) in [7, 11) is 0. The highest BCUT2D eigenvalue weighted by Crippen LogP contribution is 2.29. The van der Waals surface area contributed by atoms with Gasteiger partial charge in [0, 0.05) is 6.04 Å². The summed E-state index contributed by atoms with van der Waals surface area (Å²) in [6, 6.07) is 6.78. The normalized spacial score (nSPS) is 19.5. The fraction of sp³-hybridized carbons (Fsp3) is 0.562. The van der Waals surface area contributed by atoms with Crippen LogP contribution in [0.2, 0.25) is 0 Å². The van der Waals surface area contributed by atoms with Gasteiger partial charge >= 0.3 is 0 Å². The van der Waals surface area contributed by atoms with Crippen LogP contribution in [-0.4, -0.2) is 23.4 Å². The van der Waals surface area contributed by atoms with E-state index in [4.69, 9.17) is 0 Å². The van der Waals surface area contributed by atoms with E-state index >= 15 is 0 Å². The van der Waals surface area contributed by atoms with Gasteiger partial charge in [0.15, 0.2) is 0 Å². The molecule has 1 amide bonds. The summed E-state index contributed by atoms with van der Waals surface area (Å²) in [4.78, 5) is 14.2. The molecule has 104 valence electrons. The number of nitrogens with one attached hydrogen (secondary N) is 1. The minimum absolute atomic E-state index is 0.0398. The molecule has 1 N–H and O–H groups in total. The van der Waals surface area contributed by atoms with E-state index in [2.05, 4.69) is 51.2 Å². The molecule has 1 aromatic rings. The summed E-state index contributed by atoms with van der Waals surface area (Å²) in [5.74, 6) is 0.221. The molecule has 3 heteroatoms. The number of hydrogen-bond donors (Lipinski definition) is 1. The molecule has 1 aromatic carbocycles. The predicted octanol–water partition coefficient (Wildman–Crippen LogP) is 2.92. The van der Waals surface area contributed by atoms with Crippen molar-refractivity contribution in [2.24, 2.45) is 0 Å². The van der Waals surface area contributed by atoms with Crippen LogP contribution in [0.1, 0.15) is 49.5 Å². The molecule has 0 bridgehead atoms. The molecule has 1 atom stereocenters. The number of benzene rings is 1. The van der Waals surface area contributed by atoms with Crippen LogP contribution in [-0.2, 0) is 4.79 Å². The zero-order valence-corrected chi connectivity index (χ0v) is 12.4. The molecule has 1 unspecified atom stereocenters. The largest absolute Gasteiger partial charge is 0.319 e. The molecule has 1 aliphatic rings. The lowest BCUT2D eigenvalue weighted by molar-refractivity contribution is -0.130. The second-order valence-electron chi connectivity index (χ2n) is 5.41. The topological polar surface area (TPSA) is 32.3 Å². The molecular weight excluding hydrogens is 236 g/mol. The van der Waals surface area contributed by atoms with Crippen molar-refractivity contribution in [3.8, 4) is 0 Å². The van der Waals surface area contributed by atoms with E-state index < -0.39 is 0 Å². The number of carbonyl (C=O) groups excluding carboxylic acids is 1. The van der Waals surface area contributed by atoms with E-state index in [0.717, 1.165) is 12.8 Å². The van der Waals surface area contributed by atoms with Crippen molar-refractivity contribution in [1.82, 2.24) is 10.2 Å². The van der Waals surface area contributed by atoms with Crippen LogP contribution in [0, 0.1) is 13.8 Å². The minimum atomic E-state index is 0.0398. The van der Waals surface area contributed by atoms with E-state index in [1.54, 1.807) is 0 Å². The van der Waals surface area contributed by atoms with Crippen LogP contribution >= 0.6 is 0 Å². The number of amides is 1. The van der Waals surface area contributed by atoms with Gasteiger partial charge in [-0.1, -0.05) is 37.6 Å². The molecule has 1 heterocycles. The lowest BCUT2D eigenvalue weighted by Crippen LogP contribution is -2.39. The molecule has 1 aliphatic heterocycles. The first-order valence-corrected chi connectivity index (χ1v) is 7.20. The molecule has 0 spiro atoms. The van der Waals surface area contributed by atoms with E-state index in [-0.39, 0.29) is 12.1 Å². The summed E-state index contributed by atoms with van der Waals surface area (Å²) >= 11 is 0. The molecule has 2 rings (SSSR count). The van der Waals surface area contributed by atoms with E-state index in [0.29, 0.717) is 12.6 Å². The van der Waals surface area contributed by atoms with Gasteiger partial charge in [0.2, 0.25) is 5.91 Å². The van der Waals surface area contributed by atoms with Crippen LogP contribution in [0.3, 0.4) is 0 Å². The zero-order valence-electron chi connectivity index (χ0n) is 12.4. The Morgan fingerprint density at radius 2 is 2.00 bits per heavy atom. The fourth-order valence-electron chi connectivity index (χ4n) is 3.01. The highest BCUT2D eigenvalue weighted by molar-refractivity contribution is 5.81. The second kappa shape index (κ2) is 5.74. The number of carbonyl (C=O) groups is 1. The summed E-state index contributed by atoms with van der Waals surface area (Å²) < 4.78 is 0. The van der Waals surface area contributed by atoms with Crippen molar-refractivity contribution in [1.29, 1.82) is 0 Å². The third kappa shape index (κ3) is 2.66. The Labute approximate surface area is 116 Å². The van der Waals surface area contributed by atoms with Crippen LogP contribution in [0.4, 0.5) is 0 Å². The summed E-state index contributed by atoms with van der Waals surface area (Å²) in [6.45, 7) is 8.98. The Morgan fingerprint density at radius 3 is 2.58 bits per heavy atom. The molecular formula is C16H24N2O. The van der Waals surface area contributed by atoms with Crippen LogP contribution in [0.5, 0.6) is 0 Å². The van der Waals surface area contributed by atoms with Crippen molar-refractivity contribution in [2.45, 2.75) is 52.7 Å². The Morgan fingerprint density at radius 1 is 1.32 bits per heavy atom. The van der Waals surface area contributed by atoms with Gasteiger partial charge in [-0.15, -0.1) is 0 Å². The number of aryl methyl sites for hydroxylation is 2. The molecule has 0 saturated carbocycles. The maximum absolute atomic E-state index is 12.2. The zero-order chi connectivity index (χ0) is 14.0. The van der Waals surface area contributed by atoms with E-state index in [1.807, 2.05) is 4.90 Å². The van der Waals surface area contributed by atoms with Crippen molar-refractivity contribution < 1.29 is 4.79 Å². The average molecular weight is 260 g/mol. The third-order valence-electron chi connectivity index (χ3n) is 4.07. The molecule has 3 nitrogen and oxygen atoms in total. The quantitative estimate of drug-likeness (QED) is 0.902. The Hall–Kier alpha value is -1.35. The van der Waals surface area contributed by atoms with Gasteiger partial charge in [-0.25, -0.2) is 0 Å². The van der Waals surface area contributed by atoms with Gasteiger partial charge in [-0.2, -0.15) is 0 Å². The lowest BCUT2D eigenvalue weighted by Gasteiger charge is -2.32. The molecule has 19 heavy (non-hydrogen) atoms. The summed E-state index contributed by atoms with van der Waals surface area (Å²) in [6.07, 6.45) is 2.05. The van der Waals surface area contributed by atoms with Gasteiger partial charge in [-0.05, 0) is 37.8 Å². The molecule has 1 saturated heterocycles. The molecule has 0 aliphatic carbocycles. The fourth-order valence-corrected chi connectivity index (χ4v) is 3.01. The first-order chi connectivity index (χ1) is 9.08. The maximum atomic E-state index is 12.2. The monoisotopic (exact) mass is 260 g/mol. The van der Waals surface area contributed by atoms with Crippen LogP contribution < -0.4 is 5.32 Å². The predicted molar refractivity (Wildman–Crippen MR) is 77.9 cm³/mol. The van der Waals surface area contributed by atoms with Gasteiger partial charge in [-0.3, -0.25) is 10.1 Å². The lowest BCUT2D eigenvalue weighted by atomic mass is 10.0. The van der Waals surface area contributed by atoms with Gasteiger partial charge in [0.25, 0.3) is 0 Å². The standard InChI is InChI=1S/C16H24N2O/c1-5-13(6-2)18-15(19)10-17-16(18)14-8-7-11(3)9-12(14)4/h7-9,13,16-17H,5-6,10H2,1-4H3. The Bertz CT molecular complexity index is 466. The van der Waals surface area contributed by atoms with Crippen molar-refractivity contribution in [3.05, 3.63) is 34.9 Å². The number of hydrogen-bond acceptors (Lipinski definition) is 2. The molecule has 0 aromatic heterocycles. The first kappa shape index (κ1) is 14.1. The van der Waals surface area contributed by atoms with E-state index in [1.165, 1.54) is 16.7 Å². The molecule has 1 fully saturated rings. The first-order valence-electron chi connectivity index (χ1n) is 7.20. The average Bonchev–Trinajstić information content (AvgIpc) is 2.74. The van der Waals surface area contributed by atoms with Crippen molar-refractivity contribution >= 4 is 5.91 Å². The SMILES string of the molecule is CCC(CC)N1C(=O)CNC1c1ccc(C)cc1C. The number of rotatable bonds is 4. The van der Waals surface area contributed by atoms with Gasteiger partial charge in [0.05, 0.1) is 6.54 Å². The Kier molecular flexibility index (Phi) is 4.25. The van der Waals surface area contributed by atoms with Crippen molar-refractivity contribution in [2.75, 3.05) is 6.54 Å². The minimum Gasteiger partial charge on any atom is -0.319 e. The van der Waals surface area contributed by atoms with E-state index in [9.17, 15) is 4.79 Å². The second-order valence-corrected chi connectivity index (χ2v) is 5.41. The van der Waals surface area contributed by atoms with Crippen LogP contribution in [0.15, 0.2) is 18.2 Å². The summed E-state index contributed by atoms with van der Waals surface area (Å²) in [5.41, 5.74) is 3.74. The summed E-state index contributed by atoms with van der Waals surface area (Å²) in [5, 5.41) is 3.36. The highest BCUT2D eigenvalue weighted by atomic mass is 16.2. The maximum Gasteiger partial charge on any atom is 0.238 e. The van der Waals surface area contributed by atoms with Crippen molar-refractivity contribution in [3.63, 3.8) is 0 Å². The Balaban J connectivity index is 2.34. The van der Waals surface area contributed by atoms with Gasteiger partial charge < -0.3 is 4.90 Å².